The number of hydrogen-bond donors (Lipinski definition) is 0. The van der Waals surface area contributed by atoms with Crippen LogP contribution in [0.4, 0.5) is 0 Å². The number of pyridine rings is 1. The van der Waals surface area contributed by atoms with Gasteiger partial charge in [-0.15, -0.1) is 0 Å². The SMILES string of the molecule is O=C1C=c2nccc3c2=C(N=C3)C1=O. The molecule has 0 aromatic carbocycles. The first-order valence-corrected chi connectivity index (χ1v) is 4.11. The maximum absolute atomic E-state index is 11.4. The van der Waals surface area contributed by atoms with E-state index in [2.05, 4.69) is 9.98 Å². The molecule has 0 atom stereocenters. The molecule has 0 bridgehead atoms. The Morgan fingerprint density at radius 1 is 1.21 bits per heavy atom. The van der Waals surface area contributed by atoms with Crippen molar-refractivity contribution in [3.63, 3.8) is 0 Å². The lowest BCUT2D eigenvalue weighted by Gasteiger charge is -2.00. The molecule has 0 fully saturated rings. The summed E-state index contributed by atoms with van der Waals surface area (Å²) in [7, 11) is 0. The van der Waals surface area contributed by atoms with Crippen molar-refractivity contribution in [1.29, 1.82) is 0 Å². The second kappa shape index (κ2) is 2.23. The minimum atomic E-state index is -0.545. The molecule has 14 heavy (non-hydrogen) atoms. The van der Waals surface area contributed by atoms with Gasteiger partial charge >= 0.3 is 0 Å². The first-order valence-electron chi connectivity index (χ1n) is 4.11. The van der Waals surface area contributed by atoms with Gasteiger partial charge in [0.05, 0.1) is 5.35 Å². The topological polar surface area (TPSA) is 59.4 Å². The summed E-state index contributed by atoms with van der Waals surface area (Å²) in [4.78, 5) is 30.6. The average molecular weight is 184 g/mol. The van der Waals surface area contributed by atoms with Crippen LogP contribution in [0, 0.1) is 0 Å². The number of carbonyl (C=O) groups is 2. The van der Waals surface area contributed by atoms with Gasteiger partial charge in [-0.1, -0.05) is 0 Å². The van der Waals surface area contributed by atoms with E-state index < -0.39 is 11.6 Å². The van der Waals surface area contributed by atoms with Gasteiger partial charge in [0.15, 0.2) is 0 Å². The molecule has 1 aromatic rings. The first-order chi connectivity index (χ1) is 6.77. The molecule has 1 aliphatic carbocycles. The second-order valence-electron chi connectivity index (χ2n) is 3.10. The third kappa shape index (κ3) is 0.724. The Morgan fingerprint density at radius 3 is 2.93 bits per heavy atom. The van der Waals surface area contributed by atoms with Crippen LogP contribution < -0.4 is 10.6 Å². The molecule has 0 amide bonds. The van der Waals surface area contributed by atoms with Gasteiger partial charge in [-0.05, 0) is 6.07 Å². The van der Waals surface area contributed by atoms with Crippen molar-refractivity contribution in [2.75, 3.05) is 0 Å². The van der Waals surface area contributed by atoms with Gasteiger partial charge < -0.3 is 0 Å². The summed E-state index contributed by atoms with van der Waals surface area (Å²) in [5.41, 5.74) is 1.08. The lowest BCUT2D eigenvalue weighted by molar-refractivity contribution is -0.129. The van der Waals surface area contributed by atoms with Gasteiger partial charge in [0.25, 0.3) is 5.78 Å². The van der Waals surface area contributed by atoms with Crippen LogP contribution in [-0.4, -0.2) is 22.8 Å². The summed E-state index contributed by atoms with van der Waals surface area (Å²) in [5, 5.41) is 1.23. The molecular weight excluding hydrogens is 180 g/mol. The molecule has 0 radical (unpaired) electrons. The Labute approximate surface area is 78.3 Å². The summed E-state index contributed by atoms with van der Waals surface area (Å²) in [6.07, 6.45) is 4.45. The number of Topliss-reactive ketones (excluding diaryl/α,β-unsaturated/α-hetero) is 2. The van der Waals surface area contributed by atoms with Gasteiger partial charge in [0.1, 0.15) is 5.70 Å². The van der Waals surface area contributed by atoms with E-state index in [0.717, 1.165) is 5.56 Å². The van der Waals surface area contributed by atoms with Crippen molar-refractivity contribution >= 4 is 29.6 Å². The van der Waals surface area contributed by atoms with Crippen LogP contribution in [0.25, 0.3) is 11.8 Å². The van der Waals surface area contributed by atoms with E-state index in [1.807, 2.05) is 0 Å². The molecule has 0 N–H and O–H groups in total. The highest BCUT2D eigenvalue weighted by Gasteiger charge is 2.25. The Bertz CT molecular complexity index is 626. The van der Waals surface area contributed by atoms with Crippen LogP contribution in [0.15, 0.2) is 17.3 Å². The molecule has 2 aliphatic rings. The Balaban J connectivity index is 2.62. The number of carbonyl (C=O) groups excluding carboxylic acids is 2. The summed E-state index contributed by atoms with van der Waals surface area (Å²) in [6, 6.07) is 1.77. The van der Waals surface area contributed by atoms with Crippen LogP contribution in [0.5, 0.6) is 0 Å². The summed E-state index contributed by atoms with van der Waals surface area (Å²) >= 11 is 0. The third-order valence-electron chi connectivity index (χ3n) is 2.29. The maximum Gasteiger partial charge on any atom is 0.251 e. The molecule has 3 rings (SSSR count). The van der Waals surface area contributed by atoms with Crippen LogP contribution in [0.1, 0.15) is 5.56 Å². The minimum Gasteiger partial charge on any atom is -0.285 e. The predicted molar refractivity (Wildman–Crippen MR) is 49.0 cm³/mol. The van der Waals surface area contributed by atoms with Gasteiger partial charge in [-0.3, -0.25) is 19.6 Å². The Hall–Kier alpha value is -2.10. The number of nitrogens with zero attached hydrogens (tertiary/aromatic N) is 2. The fraction of sp³-hybridized carbons (Fsp3) is 0. The van der Waals surface area contributed by atoms with Crippen LogP contribution >= 0.6 is 0 Å². The molecule has 0 spiro atoms. The lowest BCUT2D eigenvalue weighted by Crippen LogP contribution is -2.39. The van der Waals surface area contributed by atoms with E-state index in [4.69, 9.17) is 0 Å². The number of hydrogen-bond acceptors (Lipinski definition) is 4. The molecule has 0 saturated carbocycles. The highest BCUT2D eigenvalue weighted by Crippen LogP contribution is 2.07. The monoisotopic (exact) mass is 184 g/mol. The Kier molecular flexibility index (Phi) is 1.16. The van der Waals surface area contributed by atoms with E-state index in [1.54, 1.807) is 18.5 Å². The number of rotatable bonds is 0. The molecule has 2 heterocycles. The van der Waals surface area contributed by atoms with Gasteiger partial charge in [0, 0.05) is 29.3 Å². The number of aliphatic imine (C=N–C) groups is 1. The molecule has 66 valence electrons. The van der Waals surface area contributed by atoms with Crippen molar-refractivity contribution in [3.8, 4) is 0 Å². The first kappa shape index (κ1) is 7.32. The molecule has 0 unspecified atom stereocenters. The zero-order valence-electron chi connectivity index (χ0n) is 7.02. The number of aromatic nitrogens is 1. The highest BCUT2D eigenvalue weighted by molar-refractivity contribution is 6.60. The molecule has 1 aliphatic heterocycles. The summed E-state index contributed by atoms with van der Waals surface area (Å²) in [6.45, 7) is 0. The largest absolute Gasteiger partial charge is 0.285 e. The van der Waals surface area contributed by atoms with Gasteiger partial charge in [-0.2, -0.15) is 0 Å². The average Bonchev–Trinajstić information content (AvgIpc) is 2.60. The zero-order valence-corrected chi connectivity index (χ0v) is 7.02. The highest BCUT2D eigenvalue weighted by atomic mass is 16.2. The van der Waals surface area contributed by atoms with Gasteiger partial charge in [0.2, 0.25) is 5.78 Å². The number of ketones is 2. The Morgan fingerprint density at radius 2 is 2.07 bits per heavy atom. The molecule has 1 aromatic heterocycles. The van der Waals surface area contributed by atoms with Crippen molar-refractivity contribution < 1.29 is 9.59 Å². The zero-order chi connectivity index (χ0) is 9.71. The second-order valence-corrected chi connectivity index (χ2v) is 3.10. The van der Waals surface area contributed by atoms with Crippen LogP contribution in [-0.2, 0) is 9.59 Å². The standard InChI is InChI=1S/C10H4N2O2/c13-7-3-6-8-5(1-2-11-6)4-12-9(8)10(7)14/h1-4H. The van der Waals surface area contributed by atoms with E-state index in [9.17, 15) is 9.59 Å². The normalized spacial score (nSPS) is 17.0. The third-order valence-corrected chi connectivity index (χ3v) is 2.29. The molecule has 4 heteroatoms. The molecule has 4 nitrogen and oxygen atoms in total. The quantitative estimate of drug-likeness (QED) is 0.464. The summed E-state index contributed by atoms with van der Waals surface area (Å²) in [5.74, 6) is -1.09. The van der Waals surface area contributed by atoms with Gasteiger partial charge in [-0.25, -0.2) is 0 Å². The van der Waals surface area contributed by atoms with E-state index >= 15 is 0 Å². The van der Waals surface area contributed by atoms with Crippen molar-refractivity contribution in [3.05, 3.63) is 28.4 Å². The van der Waals surface area contributed by atoms with E-state index in [0.29, 0.717) is 10.6 Å². The van der Waals surface area contributed by atoms with E-state index in [1.165, 1.54) is 6.08 Å². The fourth-order valence-electron chi connectivity index (χ4n) is 1.65. The smallest absolute Gasteiger partial charge is 0.251 e. The van der Waals surface area contributed by atoms with Crippen molar-refractivity contribution in [2.24, 2.45) is 4.99 Å². The fourth-order valence-corrected chi connectivity index (χ4v) is 1.65. The predicted octanol–water partition coefficient (Wildman–Crippen LogP) is -1.45. The molecular formula is C10H4N2O2. The van der Waals surface area contributed by atoms with Crippen LogP contribution in [0.2, 0.25) is 0 Å². The van der Waals surface area contributed by atoms with E-state index in [-0.39, 0.29) is 5.70 Å². The molecule has 0 saturated heterocycles. The lowest BCUT2D eigenvalue weighted by atomic mass is 10.1. The van der Waals surface area contributed by atoms with Crippen molar-refractivity contribution in [1.82, 2.24) is 4.98 Å². The van der Waals surface area contributed by atoms with Crippen LogP contribution in [0.3, 0.4) is 0 Å². The van der Waals surface area contributed by atoms with Crippen molar-refractivity contribution in [2.45, 2.75) is 0 Å². The summed E-state index contributed by atoms with van der Waals surface area (Å²) < 4.78 is 0. The minimum absolute atomic E-state index is 0.232. The maximum atomic E-state index is 11.4.